The first-order valence-electron chi connectivity index (χ1n) is 9.13. The lowest BCUT2D eigenvalue weighted by atomic mass is 10.2. The van der Waals surface area contributed by atoms with E-state index in [1.807, 2.05) is 0 Å². The van der Waals surface area contributed by atoms with Gasteiger partial charge in [-0.25, -0.2) is 9.59 Å². The quantitative estimate of drug-likeness (QED) is 0.221. The zero-order chi connectivity index (χ0) is 23.9. The van der Waals surface area contributed by atoms with Crippen molar-refractivity contribution < 1.29 is 38.1 Å². The van der Waals surface area contributed by atoms with Crippen LogP contribution in [0.1, 0.15) is 26.3 Å². The number of methoxy groups -OCH3 is 3. The molecule has 1 aliphatic heterocycles. The molecule has 0 atom stereocenters. The summed E-state index contributed by atoms with van der Waals surface area (Å²) >= 11 is 0.942. The molecule has 1 aliphatic rings. The second-order valence-electron chi connectivity index (χ2n) is 7.06. The Labute approximate surface area is 188 Å². The van der Waals surface area contributed by atoms with Gasteiger partial charge in [0.2, 0.25) is 5.75 Å². The normalized spacial score (nSPS) is 16.2. The highest BCUT2D eigenvalue weighted by Crippen LogP contribution is 2.38. The van der Waals surface area contributed by atoms with Gasteiger partial charge in [-0.2, -0.15) is 5.10 Å². The molecule has 32 heavy (non-hydrogen) atoms. The topological polar surface area (TPSA) is 134 Å². The molecule has 0 unspecified atom stereocenters. The molecule has 0 radical (unpaired) electrons. The summed E-state index contributed by atoms with van der Waals surface area (Å²) in [5.41, 5.74) is -0.220. The van der Waals surface area contributed by atoms with E-state index >= 15 is 0 Å². The van der Waals surface area contributed by atoms with Crippen LogP contribution in [0.25, 0.3) is 0 Å². The molecule has 12 heteroatoms. The van der Waals surface area contributed by atoms with Crippen LogP contribution in [0.2, 0.25) is 0 Å². The minimum Gasteiger partial charge on any atom is -0.493 e. The average Bonchev–Trinajstić information content (AvgIpc) is 3.05. The van der Waals surface area contributed by atoms with Gasteiger partial charge in [-0.3, -0.25) is 10.1 Å². The fraction of sp³-hybridized carbons (Fsp3) is 0.350. The number of carbonyl (C=O) groups is 3. The molecule has 1 fully saturated rings. The third-order valence-corrected chi connectivity index (χ3v) is 4.41. The van der Waals surface area contributed by atoms with E-state index in [1.165, 1.54) is 27.5 Å². The second-order valence-corrected chi connectivity index (χ2v) is 8.09. The minimum absolute atomic E-state index is 0.0453. The first-order valence-corrected chi connectivity index (χ1v) is 9.94. The summed E-state index contributed by atoms with van der Waals surface area (Å²) in [4.78, 5) is 35.3. The van der Waals surface area contributed by atoms with Gasteiger partial charge in [-0.15, -0.1) is 5.10 Å². The van der Waals surface area contributed by atoms with Gasteiger partial charge in [0.25, 0.3) is 5.91 Å². The van der Waals surface area contributed by atoms with Crippen molar-refractivity contribution in [2.75, 3.05) is 21.3 Å². The number of nitrogens with zero attached hydrogens (tertiary/aromatic N) is 2. The van der Waals surface area contributed by atoms with Gasteiger partial charge in [0.1, 0.15) is 5.60 Å². The van der Waals surface area contributed by atoms with Gasteiger partial charge in [0.05, 0.1) is 32.4 Å². The van der Waals surface area contributed by atoms with Crippen molar-refractivity contribution in [3.05, 3.63) is 28.7 Å². The van der Waals surface area contributed by atoms with Crippen LogP contribution in [0.15, 0.2) is 33.3 Å². The van der Waals surface area contributed by atoms with Gasteiger partial charge in [-0.1, -0.05) is 0 Å². The fourth-order valence-corrected chi connectivity index (χ4v) is 2.96. The molecule has 1 aromatic carbocycles. The molecular weight excluding hydrogens is 442 g/mol. The third kappa shape index (κ3) is 7.01. The lowest BCUT2D eigenvalue weighted by Crippen LogP contribution is -2.26. The number of ether oxygens (including phenoxy) is 5. The van der Waals surface area contributed by atoms with Crippen LogP contribution >= 0.6 is 11.8 Å². The molecule has 172 valence electrons. The van der Waals surface area contributed by atoms with Crippen LogP contribution in [0.4, 0.5) is 4.79 Å². The van der Waals surface area contributed by atoms with E-state index in [0.717, 1.165) is 17.8 Å². The number of carbonyl (C=O) groups excluding carboxylic acids is 3. The molecule has 2 rings (SSSR count). The zero-order valence-electron chi connectivity index (χ0n) is 18.4. The van der Waals surface area contributed by atoms with Crippen molar-refractivity contribution in [3.63, 3.8) is 0 Å². The molecule has 1 amide bonds. The van der Waals surface area contributed by atoms with E-state index < -0.39 is 23.6 Å². The maximum Gasteiger partial charge on any atom is 0.514 e. The van der Waals surface area contributed by atoms with E-state index in [-0.39, 0.29) is 27.3 Å². The van der Waals surface area contributed by atoms with Crippen molar-refractivity contribution >= 4 is 41.2 Å². The van der Waals surface area contributed by atoms with Crippen molar-refractivity contribution in [1.82, 2.24) is 5.32 Å². The Morgan fingerprint density at radius 3 is 2.25 bits per heavy atom. The van der Waals surface area contributed by atoms with Gasteiger partial charge < -0.3 is 23.7 Å². The molecule has 0 bridgehead atoms. The lowest BCUT2D eigenvalue weighted by Gasteiger charge is -2.20. The van der Waals surface area contributed by atoms with E-state index in [9.17, 15) is 14.4 Å². The van der Waals surface area contributed by atoms with Crippen molar-refractivity contribution in [2.24, 2.45) is 10.2 Å². The van der Waals surface area contributed by atoms with Crippen molar-refractivity contribution in [3.8, 4) is 17.2 Å². The monoisotopic (exact) mass is 465 g/mol. The third-order valence-electron chi connectivity index (χ3n) is 3.51. The van der Waals surface area contributed by atoms with Gasteiger partial charge in [-0.05, 0) is 44.7 Å². The summed E-state index contributed by atoms with van der Waals surface area (Å²) in [5, 5.41) is 10.5. The number of hydrogen-bond donors (Lipinski definition) is 1. The predicted octanol–water partition coefficient (Wildman–Crippen LogP) is 2.63. The highest BCUT2D eigenvalue weighted by molar-refractivity contribution is 8.18. The molecule has 0 aliphatic carbocycles. The summed E-state index contributed by atoms with van der Waals surface area (Å²) in [6, 6.07) is 3.10. The largest absolute Gasteiger partial charge is 0.514 e. The van der Waals surface area contributed by atoms with Crippen LogP contribution in [-0.4, -0.2) is 56.3 Å². The Hall–Kier alpha value is -3.54. The fourth-order valence-electron chi connectivity index (χ4n) is 2.22. The van der Waals surface area contributed by atoms with Crippen LogP contribution < -0.4 is 19.5 Å². The molecule has 1 aromatic rings. The average molecular weight is 465 g/mol. The number of esters is 1. The van der Waals surface area contributed by atoms with Crippen molar-refractivity contribution in [1.29, 1.82) is 0 Å². The summed E-state index contributed by atoms with van der Waals surface area (Å²) in [6.45, 7) is 5.13. The first kappa shape index (κ1) is 24.7. The number of amides is 1. The van der Waals surface area contributed by atoms with E-state index in [1.54, 1.807) is 32.9 Å². The Kier molecular flexibility index (Phi) is 8.24. The van der Waals surface area contributed by atoms with E-state index in [0.29, 0.717) is 5.56 Å². The zero-order valence-corrected chi connectivity index (χ0v) is 19.2. The summed E-state index contributed by atoms with van der Waals surface area (Å²) < 4.78 is 25.5. The second kappa shape index (κ2) is 10.7. The minimum atomic E-state index is -0.910. The number of hydrogen-bond acceptors (Lipinski definition) is 11. The molecule has 1 saturated heterocycles. The van der Waals surface area contributed by atoms with E-state index in [2.05, 4.69) is 20.3 Å². The van der Waals surface area contributed by atoms with Crippen molar-refractivity contribution in [2.45, 2.75) is 26.4 Å². The van der Waals surface area contributed by atoms with Crippen LogP contribution in [0, 0.1) is 0 Å². The molecule has 1 heterocycles. The first-order chi connectivity index (χ1) is 15.1. The smallest absolute Gasteiger partial charge is 0.493 e. The Morgan fingerprint density at radius 1 is 1.09 bits per heavy atom. The molecule has 11 nitrogen and oxygen atoms in total. The maximum atomic E-state index is 12.0. The molecule has 0 saturated carbocycles. The number of rotatable bonds is 6. The summed E-state index contributed by atoms with van der Waals surface area (Å²) in [7, 11) is 4.01. The van der Waals surface area contributed by atoms with E-state index in [4.69, 9.17) is 18.9 Å². The van der Waals surface area contributed by atoms with Gasteiger partial charge in [0.15, 0.2) is 16.7 Å². The maximum absolute atomic E-state index is 12.0. The highest BCUT2D eigenvalue weighted by Gasteiger charge is 2.25. The Morgan fingerprint density at radius 2 is 1.72 bits per heavy atom. The number of benzene rings is 1. The van der Waals surface area contributed by atoms with Gasteiger partial charge >= 0.3 is 12.1 Å². The Bertz CT molecular complexity index is 970. The number of amidine groups is 1. The standard InChI is InChI=1S/C20H23N3O8S/c1-20(2,3)31-19(26)30-16-12(27-4)7-11(8-13(16)28-5)10-21-23-18-22-17(25)14(32-18)9-15(24)29-6/h7-10H,1-6H3,(H,22,23,25)/b14-9+,21-10?. The highest BCUT2D eigenvalue weighted by atomic mass is 32.2. The SMILES string of the molecule is COC(=O)/C=C1/S/C(=N\N=Cc2cc(OC)c(OC(=O)OC(C)(C)C)c(OC)c2)NC1=O. The molecule has 0 spiro atoms. The number of thioether (sulfide) groups is 1. The molecular formula is C20H23N3O8S. The summed E-state index contributed by atoms with van der Waals surface area (Å²) in [6.07, 6.45) is 1.53. The predicted molar refractivity (Wildman–Crippen MR) is 117 cm³/mol. The number of nitrogens with one attached hydrogen (secondary N) is 1. The van der Waals surface area contributed by atoms with Crippen LogP contribution in [0.3, 0.4) is 0 Å². The Balaban J connectivity index is 2.21. The van der Waals surface area contributed by atoms with Gasteiger partial charge in [0, 0.05) is 11.6 Å². The summed E-state index contributed by atoms with van der Waals surface area (Å²) in [5.74, 6) is -0.683. The molecule has 1 N–H and O–H groups in total. The lowest BCUT2D eigenvalue weighted by molar-refractivity contribution is -0.135. The van der Waals surface area contributed by atoms with Crippen LogP contribution in [0.5, 0.6) is 17.2 Å². The molecule has 0 aromatic heterocycles. The van der Waals surface area contributed by atoms with Crippen LogP contribution in [-0.2, 0) is 19.1 Å².